The maximum atomic E-state index is 14.4. The van der Waals surface area contributed by atoms with Crippen LogP contribution in [0.1, 0.15) is 80.0 Å². The Bertz CT molecular complexity index is 6660. The highest BCUT2D eigenvalue weighted by atomic mass is 16.5. The zero-order valence-corrected chi connectivity index (χ0v) is 65.7. The molecule has 9 N–H and O–H groups in total. The number of pyridine rings is 6. The Balaban J connectivity index is 0.000000132. The van der Waals surface area contributed by atoms with Crippen LogP contribution in [-0.2, 0) is 21.1 Å². The second kappa shape index (κ2) is 32.4. The SMILES string of the molecule is CC[C@H](Nc1nccc(N)c1-c1nnc(C)o1)c1cc2cccc(-c3cnn(C)c3)c2c(=O)n1-c1ccccc1.Cc1nc(-c2c(N)ccnc2N[C@@H](C)c2cc3cccc(-c4cnn(C)c4)c3c(=O)n2-c2ccccc2)no1.Cc1noc(-c2c(N)ccnc2N[C@@H](C)c2cc3cccc(-c4cnn(C)c4)c3c(=O)n2-c2ccccc2)n1. The van der Waals surface area contributed by atoms with E-state index in [9.17, 15) is 14.4 Å². The van der Waals surface area contributed by atoms with Crippen molar-refractivity contribution in [1.82, 2.24) is 88.5 Å². The van der Waals surface area contributed by atoms with Gasteiger partial charge in [0.1, 0.15) is 28.6 Å². The highest BCUT2D eigenvalue weighted by Crippen LogP contribution is 2.40. The van der Waals surface area contributed by atoms with E-state index in [2.05, 4.69) is 89.7 Å². The van der Waals surface area contributed by atoms with Gasteiger partial charge in [-0.3, -0.25) is 42.1 Å². The molecule has 12 aromatic heterocycles. The summed E-state index contributed by atoms with van der Waals surface area (Å²) in [4.78, 5) is 65.3. The van der Waals surface area contributed by atoms with Gasteiger partial charge in [-0.25, -0.2) is 15.0 Å². The van der Waals surface area contributed by atoms with Gasteiger partial charge in [-0.05, 0) is 133 Å². The first kappa shape index (κ1) is 76.2. The molecule has 18 aromatic rings. The van der Waals surface area contributed by atoms with Crippen LogP contribution in [0.15, 0.2) is 266 Å². The number of fused-ring (bicyclic) bond motifs is 3. The molecule has 0 saturated heterocycles. The fraction of sp³-hybridized carbons (Fsp3) is 0.148. The van der Waals surface area contributed by atoms with E-state index >= 15 is 0 Å². The first-order valence-corrected chi connectivity index (χ1v) is 37.9. The van der Waals surface area contributed by atoms with Gasteiger partial charge >= 0.3 is 0 Å². The first-order chi connectivity index (χ1) is 57.2. The largest absolute Gasteiger partial charge is 0.421 e. The third kappa shape index (κ3) is 15.0. The van der Waals surface area contributed by atoms with E-state index in [1.165, 1.54) is 0 Å². The minimum atomic E-state index is -0.360. The number of anilines is 6. The van der Waals surface area contributed by atoms with Crippen molar-refractivity contribution in [3.8, 4) is 84.7 Å². The highest BCUT2D eigenvalue weighted by Gasteiger charge is 2.28. The number of nitrogens with zero attached hydrogens (tertiary/aromatic N) is 18. The predicted octanol–water partition coefficient (Wildman–Crippen LogP) is 15.1. The predicted molar refractivity (Wildman–Crippen MR) is 456 cm³/mol. The Morgan fingerprint density at radius 1 is 0.424 bits per heavy atom. The van der Waals surface area contributed by atoms with Crippen LogP contribution in [0.5, 0.6) is 0 Å². The van der Waals surface area contributed by atoms with Crippen molar-refractivity contribution < 1.29 is 13.5 Å². The molecule has 30 nitrogen and oxygen atoms in total. The van der Waals surface area contributed by atoms with Crippen molar-refractivity contribution in [2.45, 2.75) is 66.1 Å². The smallest absolute Gasteiger partial charge is 0.263 e. The number of para-hydroxylation sites is 3. The minimum absolute atomic E-state index is 0.119. The Hall–Kier alpha value is -15.8. The third-order valence-electron chi connectivity index (χ3n) is 20.2. The minimum Gasteiger partial charge on any atom is -0.421 e. The average molecular weight is 1570 g/mol. The number of rotatable bonds is 19. The number of nitrogen functional groups attached to an aromatic ring is 3. The first-order valence-electron chi connectivity index (χ1n) is 37.9. The van der Waals surface area contributed by atoms with E-state index in [0.717, 1.165) is 83.7 Å². The molecule has 0 bridgehead atoms. The Morgan fingerprint density at radius 3 is 1.19 bits per heavy atom. The summed E-state index contributed by atoms with van der Waals surface area (Å²) in [6.45, 7) is 11.2. The summed E-state index contributed by atoms with van der Waals surface area (Å²) < 4.78 is 26.7. The lowest BCUT2D eigenvalue weighted by Crippen LogP contribution is -2.27. The molecule has 118 heavy (non-hydrogen) atoms. The van der Waals surface area contributed by atoms with Gasteiger partial charge in [-0.15, -0.1) is 10.2 Å². The fourth-order valence-corrected chi connectivity index (χ4v) is 14.7. The van der Waals surface area contributed by atoms with E-state index < -0.39 is 0 Å². The van der Waals surface area contributed by atoms with Crippen LogP contribution in [0.4, 0.5) is 34.5 Å². The molecule has 0 amide bonds. The van der Waals surface area contributed by atoms with E-state index in [1.807, 2.05) is 211 Å². The number of benzene rings is 6. The topological polar surface area (TPSA) is 389 Å². The lowest BCUT2D eigenvalue weighted by atomic mass is 9.99. The van der Waals surface area contributed by atoms with Crippen molar-refractivity contribution in [3.63, 3.8) is 0 Å². The molecule has 0 fully saturated rings. The molecular formula is C88H80N24O6. The number of aromatic nitrogens is 18. The summed E-state index contributed by atoms with van der Waals surface area (Å²) in [6.07, 6.45) is 16.6. The van der Waals surface area contributed by atoms with Gasteiger partial charge in [0.05, 0.1) is 58.4 Å². The van der Waals surface area contributed by atoms with E-state index in [1.54, 1.807) is 104 Å². The van der Waals surface area contributed by atoms with Gasteiger partial charge in [-0.2, -0.15) is 25.3 Å². The third-order valence-corrected chi connectivity index (χ3v) is 20.2. The Morgan fingerprint density at radius 2 is 0.822 bits per heavy atom. The zero-order valence-electron chi connectivity index (χ0n) is 65.7. The molecule has 30 heteroatoms. The van der Waals surface area contributed by atoms with Crippen molar-refractivity contribution in [1.29, 1.82) is 0 Å². The Labute approximate surface area is 674 Å². The fourth-order valence-electron chi connectivity index (χ4n) is 14.7. The number of hydrogen-bond acceptors (Lipinski definition) is 24. The van der Waals surface area contributed by atoms with Crippen LogP contribution >= 0.6 is 0 Å². The molecule has 6 aromatic carbocycles. The standard InChI is InChI=1S/C30H28N8O2.2C29H26N8O2/c1-4-24(34-28-27(23(31)13-14-32-28)29-36-35-18(2)40-29)25-15-19-9-8-12-22(20-16-33-37(3)17-20)26(19)30(39)38(25)21-10-6-5-7-11-21;1-17(33-27-26(23(30)12-13-31-27)28-34-18(2)39-35-28)24-14-19-8-7-11-22(20-15-32-36(3)16-20)25(19)29(38)37(24)21-9-5-4-6-10-21;1-17(33-27-26(23(30)12-13-31-27)28-34-18(2)35-39-28)24-14-19-8-7-11-22(20-15-32-36(3)16-20)25(19)29(38)37(24)21-9-5-4-6-10-21/h5-17,24H,4H2,1-3H3,(H3,31,32,34);2*4-17H,1-3H3,(H3,30,31,33)/t24-;2*17-/m000/s1. The summed E-state index contributed by atoms with van der Waals surface area (Å²) in [6, 6.07) is 56.6. The molecule has 18 rings (SSSR count). The van der Waals surface area contributed by atoms with Gasteiger partial charge in [0.2, 0.25) is 17.6 Å². The molecular weight excluding hydrogens is 1490 g/mol. The summed E-state index contributed by atoms with van der Waals surface area (Å²) in [5, 5.41) is 43.7. The van der Waals surface area contributed by atoms with Gasteiger partial charge in [0.15, 0.2) is 5.82 Å². The molecule has 0 spiro atoms. The zero-order chi connectivity index (χ0) is 82.0. The van der Waals surface area contributed by atoms with Gasteiger partial charge in [0, 0.05) is 140 Å². The van der Waals surface area contributed by atoms with Crippen LogP contribution < -0.4 is 49.8 Å². The maximum Gasteiger partial charge on any atom is 0.263 e. The van der Waals surface area contributed by atoms with Crippen LogP contribution in [0.2, 0.25) is 0 Å². The van der Waals surface area contributed by atoms with Gasteiger partial charge in [-0.1, -0.05) is 126 Å². The lowest BCUT2D eigenvalue weighted by molar-refractivity contribution is 0.394. The van der Waals surface area contributed by atoms with E-state index in [4.69, 9.17) is 30.7 Å². The molecule has 0 radical (unpaired) electrons. The second-order valence-corrected chi connectivity index (χ2v) is 28.3. The van der Waals surface area contributed by atoms with Gasteiger partial charge < -0.3 is 46.6 Å². The van der Waals surface area contributed by atoms with Crippen molar-refractivity contribution in [2.24, 2.45) is 21.1 Å². The molecule has 0 aliphatic carbocycles. The summed E-state index contributed by atoms with van der Waals surface area (Å²) in [5.74, 6) is 3.68. The molecule has 0 unspecified atom stereocenters. The molecule has 0 aliphatic rings. The number of hydrogen-bond donors (Lipinski definition) is 6. The summed E-state index contributed by atoms with van der Waals surface area (Å²) in [7, 11) is 5.58. The number of nitrogens with one attached hydrogen (secondary N) is 3. The van der Waals surface area contributed by atoms with Crippen molar-refractivity contribution in [2.75, 3.05) is 33.2 Å². The maximum absolute atomic E-state index is 14.4. The quantitative estimate of drug-likeness (QED) is 0.0438. The van der Waals surface area contributed by atoms with Gasteiger partial charge in [0.25, 0.3) is 28.5 Å². The highest BCUT2D eigenvalue weighted by molar-refractivity contribution is 5.99. The molecule has 3 atom stereocenters. The lowest BCUT2D eigenvalue weighted by Gasteiger charge is -2.24. The molecule has 12 heterocycles. The molecule has 588 valence electrons. The van der Waals surface area contributed by atoms with Crippen molar-refractivity contribution >= 4 is 66.8 Å². The van der Waals surface area contributed by atoms with Crippen LogP contribution in [-0.4, -0.2) is 88.5 Å². The molecule has 0 saturated carbocycles. The molecule has 0 aliphatic heterocycles. The van der Waals surface area contributed by atoms with Crippen molar-refractivity contribution in [3.05, 3.63) is 304 Å². The van der Waals surface area contributed by atoms with E-state index in [-0.39, 0.29) is 46.6 Å². The normalized spacial score (nSPS) is 12.1. The Kier molecular flexibility index (Phi) is 20.9. The van der Waals surface area contributed by atoms with Crippen LogP contribution in [0.25, 0.3) is 117 Å². The number of nitrogens with two attached hydrogens (primary N) is 3. The monoisotopic (exact) mass is 1570 g/mol. The van der Waals surface area contributed by atoms with Crippen LogP contribution in [0.3, 0.4) is 0 Å². The number of aryl methyl sites for hydroxylation is 6. The summed E-state index contributed by atoms with van der Waals surface area (Å²) in [5.41, 5.74) is 31.2. The average Bonchev–Trinajstić information content (AvgIpc) is 1.59. The summed E-state index contributed by atoms with van der Waals surface area (Å²) >= 11 is 0. The second-order valence-electron chi connectivity index (χ2n) is 28.3. The van der Waals surface area contributed by atoms with Crippen LogP contribution in [0, 0.1) is 20.8 Å². The van der Waals surface area contributed by atoms with E-state index in [0.29, 0.717) is 97.2 Å².